The molecule has 3 heterocycles. The molecule has 2 aromatic rings. The fourth-order valence-electron chi connectivity index (χ4n) is 4.50. The number of rotatable bonds is 3. The molecular formula is C22H24ClFN2O3. The molecule has 0 bridgehead atoms. The molecule has 1 fully saturated rings. The normalized spacial score (nSPS) is 23.5. The van der Waals surface area contributed by atoms with E-state index in [1.54, 1.807) is 6.07 Å². The zero-order valence-electron chi connectivity index (χ0n) is 16.1. The quantitative estimate of drug-likeness (QED) is 0.765. The van der Waals surface area contributed by atoms with Crippen LogP contribution in [0.5, 0.6) is 11.5 Å². The summed E-state index contributed by atoms with van der Waals surface area (Å²) < 4.78 is 25.4. The molecule has 5 rings (SSSR count). The Morgan fingerprint density at radius 3 is 2.83 bits per heavy atom. The topological polar surface area (TPSA) is 42.0 Å². The SMILES string of the molecule is Cl.O=C1c2ccc(F)cc2CN1C1CCCN(CC2COc3ccccc3O2)C1. The lowest BCUT2D eigenvalue weighted by Gasteiger charge is -2.39. The van der Waals surface area contributed by atoms with Crippen molar-refractivity contribution in [3.8, 4) is 11.5 Å². The molecule has 2 atom stereocenters. The number of hydrogen-bond donors (Lipinski definition) is 0. The Morgan fingerprint density at radius 1 is 1.14 bits per heavy atom. The van der Waals surface area contributed by atoms with Crippen molar-refractivity contribution in [3.05, 3.63) is 59.4 Å². The van der Waals surface area contributed by atoms with Gasteiger partial charge in [0.05, 0.1) is 0 Å². The molecule has 7 heteroatoms. The second kappa shape index (κ2) is 8.20. The molecule has 3 aliphatic rings. The molecule has 1 saturated heterocycles. The number of likely N-dealkylation sites (tertiary alicyclic amines) is 1. The highest BCUT2D eigenvalue weighted by molar-refractivity contribution is 5.98. The van der Waals surface area contributed by atoms with Crippen molar-refractivity contribution < 1.29 is 18.7 Å². The first-order chi connectivity index (χ1) is 13.7. The Morgan fingerprint density at radius 2 is 1.97 bits per heavy atom. The van der Waals surface area contributed by atoms with Crippen molar-refractivity contribution in [2.45, 2.75) is 31.5 Å². The second-order valence-electron chi connectivity index (χ2n) is 7.79. The van der Waals surface area contributed by atoms with E-state index < -0.39 is 0 Å². The van der Waals surface area contributed by atoms with E-state index in [0.717, 1.165) is 49.5 Å². The number of para-hydroxylation sites is 2. The van der Waals surface area contributed by atoms with Crippen LogP contribution in [0.3, 0.4) is 0 Å². The van der Waals surface area contributed by atoms with Crippen LogP contribution in [0.1, 0.15) is 28.8 Å². The number of amides is 1. The van der Waals surface area contributed by atoms with Crippen LogP contribution in [0.15, 0.2) is 42.5 Å². The second-order valence-corrected chi connectivity index (χ2v) is 7.79. The van der Waals surface area contributed by atoms with E-state index in [1.165, 1.54) is 12.1 Å². The van der Waals surface area contributed by atoms with Gasteiger partial charge in [-0.15, -0.1) is 12.4 Å². The average molecular weight is 419 g/mol. The third-order valence-electron chi connectivity index (χ3n) is 5.85. The molecule has 2 unspecified atom stereocenters. The zero-order valence-corrected chi connectivity index (χ0v) is 16.9. The summed E-state index contributed by atoms with van der Waals surface area (Å²) in [6.07, 6.45) is 1.99. The van der Waals surface area contributed by atoms with Crippen molar-refractivity contribution in [1.29, 1.82) is 0 Å². The molecule has 0 aliphatic carbocycles. The molecule has 5 nitrogen and oxygen atoms in total. The van der Waals surface area contributed by atoms with E-state index >= 15 is 0 Å². The fraction of sp³-hybridized carbons (Fsp3) is 0.409. The average Bonchev–Trinajstić information content (AvgIpc) is 3.04. The predicted octanol–water partition coefficient (Wildman–Crippen LogP) is 3.51. The molecule has 154 valence electrons. The lowest BCUT2D eigenvalue weighted by molar-refractivity contribution is 0.0306. The lowest BCUT2D eigenvalue weighted by Crippen LogP contribution is -2.51. The lowest BCUT2D eigenvalue weighted by atomic mass is 10.0. The van der Waals surface area contributed by atoms with Crippen LogP contribution in [0.2, 0.25) is 0 Å². The predicted molar refractivity (Wildman–Crippen MR) is 109 cm³/mol. The number of piperidine rings is 1. The standard InChI is InChI=1S/C22H23FN2O3.ClH/c23-16-7-8-19-15(10-16)11-25(22(19)26)17-4-3-9-24(12-17)13-18-14-27-20-5-1-2-6-21(20)28-18;/h1-2,5-8,10,17-18H,3-4,9,11-14H2;1H. The first-order valence-corrected chi connectivity index (χ1v) is 9.87. The Bertz CT molecular complexity index is 909. The largest absolute Gasteiger partial charge is 0.486 e. The van der Waals surface area contributed by atoms with Crippen LogP contribution in [-0.2, 0) is 6.54 Å². The maximum absolute atomic E-state index is 13.5. The van der Waals surface area contributed by atoms with Crippen molar-refractivity contribution in [2.24, 2.45) is 0 Å². The van der Waals surface area contributed by atoms with Gasteiger partial charge in [-0.2, -0.15) is 0 Å². The summed E-state index contributed by atoms with van der Waals surface area (Å²) in [5.74, 6) is 1.32. The van der Waals surface area contributed by atoms with Crippen LogP contribution >= 0.6 is 12.4 Å². The Hall–Kier alpha value is -2.31. The zero-order chi connectivity index (χ0) is 19.1. The van der Waals surface area contributed by atoms with Gasteiger partial charge in [0.25, 0.3) is 5.91 Å². The van der Waals surface area contributed by atoms with Crippen LogP contribution in [-0.4, -0.2) is 54.1 Å². The summed E-state index contributed by atoms with van der Waals surface area (Å²) in [6.45, 7) is 3.60. The minimum Gasteiger partial charge on any atom is -0.486 e. The minimum atomic E-state index is -0.284. The summed E-state index contributed by atoms with van der Waals surface area (Å²) in [5.41, 5.74) is 1.43. The van der Waals surface area contributed by atoms with Gasteiger partial charge in [0.15, 0.2) is 11.5 Å². The number of fused-ring (bicyclic) bond motifs is 2. The van der Waals surface area contributed by atoms with Gasteiger partial charge in [-0.3, -0.25) is 9.69 Å². The van der Waals surface area contributed by atoms with Crippen molar-refractivity contribution in [1.82, 2.24) is 9.80 Å². The maximum atomic E-state index is 13.5. The number of halogens is 2. The number of hydrogen-bond acceptors (Lipinski definition) is 4. The van der Waals surface area contributed by atoms with Crippen molar-refractivity contribution in [2.75, 3.05) is 26.2 Å². The summed E-state index contributed by atoms with van der Waals surface area (Å²) in [4.78, 5) is 17.0. The molecular weight excluding hydrogens is 395 g/mol. The third-order valence-corrected chi connectivity index (χ3v) is 5.85. The van der Waals surface area contributed by atoms with Gasteiger partial charge < -0.3 is 14.4 Å². The highest BCUT2D eigenvalue weighted by Crippen LogP contribution is 2.32. The number of benzene rings is 2. The van der Waals surface area contributed by atoms with Gasteiger partial charge in [-0.05, 0) is 55.3 Å². The highest BCUT2D eigenvalue weighted by Gasteiger charge is 2.36. The first kappa shape index (κ1) is 20.0. The molecule has 1 amide bonds. The molecule has 29 heavy (non-hydrogen) atoms. The number of nitrogens with zero attached hydrogens (tertiary/aromatic N) is 2. The van der Waals surface area contributed by atoms with E-state index in [-0.39, 0.29) is 36.3 Å². The van der Waals surface area contributed by atoms with Crippen molar-refractivity contribution >= 4 is 18.3 Å². The first-order valence-electron chi connectivity index (χ1n) is 9.87. The smallest absolute Gasteiger partial charge is 0.254 e. The molecule has 0 spiro atoms. The Labute approximate surface area is 175 Å². The summed E-state index contributed by atoms with van der Waals surface area (Å²) >= 11 is 0. The van der Waals surface area contributed by atoms with E-state index in [2.05, 4.69) is 4.90 Å². The molecule has 0 N–H and O–H groups in total. The number of carbonyl (C=O) groups is 1. The van der Waals surface area contributed by atoms with Gasteiger partial charge in [0.2, 0.25) is 0 Å². The number of carbonyl (C=O) groups excluding carboxylic acids is 1. The van der Waals surface area contributed by atoms with Gasteiger partial charge >= 0.3 is 0 Å². The van der Waals surface area contributed by atoms with E-state index in [1.807, 2.05) is 29.2 Å². The fourth-order valence-corrected chi connectivity index (χ4v) is 4.50. The Balaban J connectivity index is 0.00000205. The molecule has 2 aromatic carbocycles. The monoisotopic (exact) mass is 418 g/mol. The highest BCUT2D eigenvalue weighted by atomic mass is 35.5. The van der Waals surface area contributed by atoms with Gasteiger partial charge in [0.1, 0.15) is 18.5 Å². The van der Waals surface area contributed by atoms with Crippen LogP contribution in [0.25, 0.3) is 0 Å². The maximum Gasteiger partial charge on any atom is 0.254 e. The van der Waals surface area contributed by atoms with E-state index in [4.69, 9.17) is 9.47 Å². The summed E-state index contributed by atoms with van der Waals surface area (Å²) in [6, 6.07) is 12.3. The Kier molecular flexibility index (Phi) is 5.65. The van der Waals surface area contributed by atoms with E-state index in [9.17, 15) is 9.18 Å². The molecule has 0 radical (unpaired) electrons. The molecule has 0 saturated carbocycles. The van der Waals surface area contributed by atoms with Gasteiger partial charge in [-0.25, -0.2) is 4.39 Å². The number of ether oxygens (including phenoxy) is 2. The van der Waals surface area contributed by atoms with Crippen LogP contribution in [0.4, 0.5) is 4.39 Å². The van der Waals surface area contributed by atoms with Gasteiger partial charge in [-0.1, -0.05) is 12.1 Å². The molecule has 3 aliphatic heterocycles. The molecule has 0 aromatic heterocycles. The van der Waals surface area contributed by atoms with Gasteiger partial charge in [0, 0.05) is 31.2 Å². The summed E-state index contributed by atoms with van der Waals surface area (Å²) in [7, 11) is 0. The summed E-state index contributed by atoms with van der Waals surface area (Å²) in [5, 5.41) is 0. The van der Waals surface area contributed by atoms with Crippen molar-refractivity contribution in [3.63, 3.8) is 0 Å². The van der Waals surface area contributed by atoms with E-state index in [0.29, 0.717) is 18.7 Å². The van der Waals surface area contributed by atoms with Crippen LogP contribution < -0.4 is 9.47 Å². The minimum absolute atomic E-state index is 0. The van der Waals surface area contributed by atoms with Crippen LogP contribution in [0, 0.1) is 5.82 Å². The third kappa shape index (κ3) is 3.91.